The van der Waals surface area contributed by atoms with Crippen LogP contribution in [0.5, 0.6) is 0 Å². The Bertz CT molecular complexity index is 470. The maximum absolute atomic E-state index is 12.0. The molecular weight excluding hydrogens is 362 g/mol. The minimum Gasteiger partial charge on any atom is -0.396 e. The molecule has 1 heterocycles. The molecule has 0 bridgehead atoms. The molecule has 1 aromatic rings. The molecule has 0 fully saturated rings. The summed E-state index contributed by atoms with van der Waals surface area (Å²) < 4.78 is 27.3. The van der Waals surface area contributed by atoms with Crippen LogP contribution in [0.2, 0.25) is 5.02 Å². The van der Waals surface area contributed by atoms with Gasteiger partial charge in [-0.05, 0) is 34.3 Å². The van der Waals surface area contributed by atoms with Crippen LogP contribution in [-0.4, -0.2) is 26.7 Å². The van der Waals surface area contributed by atoms with Crippen LogP contribution in [0.4, 0.5) is 0 Å². The Morgan fingerprint density at radius 1 is 1.61 bits per heavy atom. The lowest BCUT2D eigenvalue weighted by Crippen LogP contribution is -2.29. The molecule has 0 spiro atoms. The van der Waals surface area contributed by atoms with Gasteiger partial charge in [0.2, 0.25) is 10.0 Å². The number of aliphatic hydroxyl groups is 1. The van der Waals surface area contributed by atoms with Crippen molar-refractivity contribution in [3.05, 3.63) is 14.9 Å². The van der Waals surface area contributed by atoms with Gasteiger partial charge in [0.05, 0.1) is 8.81 Å². The van der Waals surface area contributed by atoms with Gasteiger partial charge in [-0.2, -0.15) is 0 Å². The van der Waals surface area contributed by atoms with E-state index in [1.165, 1.54) is 6.07 Å². The van der Waals surface area contributed by atoms with Crippen molar-refractivity contribution in [1.82, 2.24) is 4.72 Å². The molecule has 0 aliphatic carbocycles. The van der Waals surface area contributed by atoms with Gasteiger partial charge in [-0.1, -0.05) is 24.9 Å². The first-order valence-electron chi connectivity index (χ1n) is 5.46. The molecule has 8 heteroatoms. The highest BCUT2D eigenvalue weighted by molar-refractivity contribution is 9.11. The minimum absolute atomic E-state index is 0.0661. The Labute approximate surface area is 125 Å². The van der Waals surface area contributed by atoms with Crippen LogP contribution in [0.25, 0.3) is 0 Å². The summed E-state index contributed by atoms with van der Waals surface area (Å²) >= 11 is 10.1. The molecule has 2 N–H and O–H groups in total. The number of hydrogen-bond donors (Lipinski definition) is 2. The SMILES string of the molecule is CCC(CCO)CNS(=O)(=O)c1cc(Cl)c(Br)s1. The standard InChI is InChI=1S/C10H15BrClNO3S2/c1-2-7(3-4-14)6-13-18(15,16)9-5-8(12)10(11)17-9/h5,7,13-14H,2-4,6H2,1H3. The van der Waals surface area contributed by atoms with Crippen molar-refractivity contribution in [3.8, 4) is 0 Å². The van der Waals surface area contributed by atoms with Gasteiger partial charge in [-0.25, -0.2) is 13.1 Å². The second kappa shape index (κ2) is 7.21. The lowest BCUT2D eigenvalue weighted by molar-refractivity contribution is 0.254. The fraction of sp³-hybridized carbons (Fsp3) is 0.600. The number of rotatable bonds is 7. The van der Waals surface area contributed by atoms with Crippen LogP contribution >= 0.6 is 38.9 Å². The van der Waals surface area contributed by atoms with E-state index in [1.807, 2.05) is 6.92 Å². The number of hydrogen-bond acceptors (Lipinski definition) is 4. The van der Waals surface area contributed by atoms with Crippen molar-refractivity contribution in [2.75, 3.05) is 13.2 Å². The highest BCUT2D eigenvalue weighted by Gasteiger charge is 2.20. The Balaban J connectivity index is 2.70. The van der Waals surface area contributed by atoms with E-state index < -0.39 is 10.0 Å². The summed E-state index contributed by atoms with van der Waals surface area (Å²) in [4.78, 5) is 0. The van der Waals surface area contributed by atoms with Crippen molar-refractivity contribution in [2.24, 2.45) is 5.92 Å². The average Bonchev–Trinajstić information content (AvgIpc) is 2.66. The number of aliphatic hydroxyl groups excluding tert-OH is 1. The van der Waals surface area contributed by atoms with E-state index in [0.717, 1.165) is 17.8 Å². The topological polar surface area (TPSA) is 66.4 Å². The van der Waals surface area contributed by atoms with Crippen molar-refractivity contribution in [3.63, 3.8) is 0 Å². The summed E-state index contributed by atoms with van der Waals surface area (Å²) in [6.45, 7) is 2.36. The Morgan fingerprint density at radius 2 is 2.28 bits per heavy atom. The van der Waals surface area contributed by atoms with Crippen molar-refractivity contribution < 1.29 is 13.5 Å². The number of nitrogens with one attached hydrogen (secondary N) is 1. The van der Waals surface area contributed by atoms with Gasteiger partial charge in [-0.15, -0.1) is 11.3 Å². The third-order valence-corrected chi connectivity index (χ3v) is 6.94. The van der Waals surface area contributed by atoms with Crippen LogP contribution < -0.4 is 4.72 Å². The van der Waals surface area contributed by atoms with E-state index in [4.69, 9.17) is 16.7 Å². The normalized spacial score (nSPS) is 13.8. The van der Waals surface area contributed by atoms with Crippen LogP contribution in [0.3, 0.4) is 0 Å². The summed E-state index contributed by atoms with van der Waals surface area (Å²) in [5.41, 5.74) is 0. The molecule has 1 atom stereocenters. The lowest BCUT2D eigenvalue weighted by Gasteiger charge is -2.13. The molecule has 0 radical (unpaired) electrons. The van der Waals surface area contributed by atoms with E-state index in [2.05, 4.69) is 20.7 Å². The number of halogens is 2. The monoisotopic (exact) mass is 375 g/mol. The lowest BCUT2D eigenvalue weighted by atomic mass is 10.0. The highest BCUT2D eigenvalue weighted by atomic mass is 79.9. The first-order chi connectivity index (χ1) is 8.40. The summed E-state index contributed by atoms with van der Waals surface area (Å²) in [6, 6.07) is 1.42. The molecule has 1 unspecified atom stereocenters. The molecule has 0 aliphatic heterocycles. The molecule has 0 aromatic carbocycles. The van der Waals surface area contributed by atoms with E-state index in [9.17, 15) is 8.42 Å². The maximum atomic E-state index is 12.0. The van der Waals surface area contributed by atoms with Crippen molar-refractivity contribution in [1.29, 1.82) is 0 Å². The average molecular weight is 377 g/mol. The minimum atomic E-state index is -3.51. The van der Waals surface area contributed by atoms with Crippen molar-refractivity contribution in [2.45, 2.75) is 24.0 Å². The number of sulfonamides is 1. The maximum Gasteiger partial charge on any atom is 0.250 e. The predicted molar refractivity (Wildman–Crippen MR) is 77.7 cm³/mol. The zero-order valence-corrected chi connectivity index (χ0v) is 13.8. The van der Waals surface area contributed by atoms with Gasteiger partial charge in [0.25, 0.3) is 0 Å². The molecule has 0 saturated heterocycles. The van der Waals surface area contributed by atoms with Crippen molar-refractivity contribution >= 4 is 48.9 Å². The van der Waals surface area contributed by atoms with Gasteiger partial charge < -0.3 is 5.11 Å². The molecule has 0 saturated carbocycles. The summed E-state index contributed by atoms with van der Waals surface area (Å²) in [5.74, 6) is 0.142. The molecule has 1 rings (SSSR count). The smallest absolute Gasteiger partial charge is 0.250 e. The third-order valence-electron chi connectivity index (χ3n) is 2.56. The molecule has 0 amide bonds. The van der Waals surface area contributed by atoms with E-state index in [1.54, 1.807) is 0 Å². The van der Waals surface area contributed by atoms with Gasteiger partial charge in [0.1, 0.15) is 4.21 Å². The summed E-state index contributed by atoms with van der Waals surface area (Å²) in [5, 5.41) is 9.25. The second-order valence-electron chi connectivity index (χ2n) is 3.83. The molecular formula is C10H15BrClNO3S2. The van der Waals surface area contributed by atoms with E-state index in [-0.39, 0.29) is 16.7 Å². The first kappa shape index (κ1) is 16.4. The van der Waals surface area contributed by atoms with Crippen LogP contribution in [0.1, 0.15) is 19.8 Å². The van der Waals surface area contributed by atoms with Crippen LogP contribution in [-0.2, 0) is 10.0 Å². The Hall–Kier alpha value is 0.340. The first-order valence-corrected chi connectivity index (χ1v) is 8.93. The largest absolute Gasteiger partial charge is 0.396 e. The quantitative estimate of drug-likeness (QED) is 0.769. The molecule has 104 valence electrons. The summed E-state index contributed by atoms with van der Waals surface area (Å²) in [7, 11) is -3.51. The molecule has 4 nitrogen and oxygen atoms in total. The molecule has 18 heavy (non-hydrogen) atoms. The number of thiophene rings is 1. The van der Waals surface area contributed by atoms with Gasteiger partial charge >= 0.3 is 0 Å². The van der Waals surface area contributed by atoms with E-state index in [0.29, 0.717) is 21.8 Å². The van der Waals surface area contributed by atoms with Gasteiger partial charge in [0, 0.05) is 13.2 Å². The van der Waals surface area contributed by atoms with Crippen LogP contribution in [0.15, 0.2) is 14.1 Å². The van der Waals surface area contributed by atoms with Gasteiger partial charge in [-0.3, -0.25) is 0 Å². The Kier molecular flexibility index (Phi) is 6.57. The zero-order chi connectivity index (χ0) is 13.8. The Morgan fingerprint density at radius 3 is 2.72 bits per heavy atom. The second-order valence-corrected chi connectivity index (χ2v) is 8.60. The fourth-order valence-electron chi connectivity index (χ4n) is 1.39. The third kappa shape index (κ3) is 4.47. The predicted octanol–water partition coefficient (Wildman–Crippen LogP) is 2.85. The highest BCUT2D eigenvalue weighted by Crippen LogP contribution is 2.34. The molecule has 1 aromatic heterocycles. The fourth-order valence-corrected chi connectivity index (χ4v) is 4.95. The summed E-state index contributed by atoms with van der Waals surface area (Å²) in [6.07, 6.45) is 1.41. The van der Waals surface area contributed by atoms with Gasteiger partial charge in [0.15, 0.2) is 0 Å². The zero-order valence-electron chi connectivity index (χ0n) is 9.82. The van der Waals surface area contributed by atoms with E-state index >= 15 is 0 Å². The molecule has 0 aliphatic rings. The van der Waals surface area contributed by atoms with Crippen LogP contribution in [0, 0.1) is 5.92 Å².